The zero-order valence-corrected chi connectivity index (χ0v) is 18.3. The van der Waals surface area contributed by atoms with Crippen LogP contribution >= 0.6 is 27.7 Å². The lowest BCUT2D eigenvalue weighted by Crippen LogP contribution is -2.18. The third-order valence-corrected chi connectivity index (χ3v) is 6.46. The van der Waals surface area contributed by atoms with Crippen molar-refractivity contribution in [3.63, 3.8) is 0 Å². The van der Waals surface area contributed by atoms with E-state index in [4.69, 9.17) is 4.74 Å². The number of amides is 1. The zero-order chi connectivity index (χ0) is 20.1. The molecule has 0 bridgehead atoms. The van der Waals surface area contributed by atoms with Gasteiger partial charge in [0.1, 0.15) is 0 Å². The molecule has 1 amide bonds. The van der Waals surface area contributed by atoms with Crippen LogP contribution in [0, 0.1) is 0 Å². The number of thioether (sulfide) groups is 1. The summed E-state index contributed by atoms with van der Waals surface area (Å²) in [6.07, 6.45) is 4.23. The van der Waals surface area contributed by atoms with Crippen molar-refractivity contribution in [1.29, 1.82) is 0 Å². The van der Waals surface area contributed by atoms with E-state index >= 15 is 0 Å². The fraction of sp³-hybridized carbons (Fsp3) is 0.273. The highest BCUT2D eigenvalue weighted by molar-refractivity contribution is 9.10. The summed E-state index contributed by atoms with van der Waals surface area (Å²) in [4.78, 5) is 17.1. The number of imidazole rings is 1. The van der Waals surface area contributed by atoms with Gasteiger partial charge in [0.15, 0.2) is 5.16 Å². The molecule has 1 aliphatic heterocycles. The van der Waals surface area contributed by atoms with E-state index in [0.717, 1.165) is 52.6 Å². The molecule has 1 aliphatic rings. The Balaban J connectivity index is 1.49. The molecule has 5 nitrogen and oxygen atoms in total. The number of benzene rings is 2. The van der Waals surface area contributed by atoms with Crippen molar-refractivity contribution in [3.05, 3.63) is 65.3 Å². The number of hydrogen-bond acceptors (Lipinski definition) is 4. The van der Waals surface area contributed by atoms with E-state index in [1.807, 2.05) is 48.7 Å². The van der Waals surface area contributed by atoms with Gasteiger partial charge in [-0.05, 0) is 46.5 Å². The second kappa shape index (κ2) is 9.61. The Kier molecular flexibility index (Phi) is 6.69. The summed E-state index contributed by atoms with van der Waals surface area (Å²) in [6.45, 7) is 1.56. The molecular formula is C22H22BrN3O2S. The predicted molar refractivity (Wildman–Crippen MR) is 120 cm³/mol. The Morgan fingerprint density at radius 2 is 2.00 bits per heavy atom. The molecule has 1 fully saturated rings. The molecule has 0 saturated carbocycles. The zero-order valence-electron chi connectivity index (χ0n) is 15.9. The normalized spacial score (nSPS) is 16.1. The number of anilines is 1. The minimum Gasteiger partial charge on any atom is -0.376 e. The van der Waals surface area contributed by atoms with Crippen LogP contribution in [0.1, 0.15) is 12.8 Å². The van der Waals surface area contributed by atoms with Crippen LogP contribution in [0.3, 0.4) is 0 Å². The van der Waals surface area contributed by atoms with Crippen LogP contribution in [0.4, 0.5) is 5.69 Å². The van der Waals surface area contributed by atoms with Crippen molar-refractivity contribution >= 4 is 39.3 Å². The van der Waals surface area contributed by atoms with Crippen molar-refractivity contribution in [2.24, 2.45) is 0 Å². The smallest absolute Gasteiger partial charge is 0.234 e. The van der Waals surface area contributed by atoms with Crippen LogP contribution in [-0.2, 0) is 16.1 Å². The Morgan fingerprint density at radius 1 is 1.21 bits per heavy atom. The van der Waals surface area contributed by atoms with Gasteiger partial charge in [-0.1, -0.05) is 54.2 Å². The fourth-order valence-corrected chi connectivity index (χ4v) is 4.53. The van der Waals surface area contributed by atoms with Crippen molar-refractivity contribution in [2.45, 2.75) is 30.6 Å². The number of carbonyl (C=O) groups is 1. The SMILES string of the molecule is O=C(CSc1ncc(-c2ccccc2)n1CC1CCCO1)Nc1ccccc1Br. The second-order valence-electron chi connectivity index (χ2n) is 6.85. The molecule has 1 saturated heterocycles. The van der Waals surface area contributed by atoms with Gasteiger partial charge >= 0.3 is 0 Å². The molecule has 2 aromatic carbocycles. The lowest BCUT2D eigenvalue weighted by atomic mass is 10.1. The molecule has 1 atom stereocenters. The Bertz CT molecular complexity index is 971. The molecule has 0 aliphatic carbocycles. The molecule has 3 aromatic rings. The largest absolute Gasteiger partial charge is 0.376 e. The first kappa shape index (κ1) is 20.2. The summed E-state index contributed by atoms with van der Waals surface area (Å²) in [7, 11) is 0. The number of aromatic nitrogens is 2. The van der Waals surface area contributed by atoms with Crippen molar-refractivity contribution in [2.75, 3.05) is 17.7 Å². The lowest BCUT2D eigenvalue weighted by Gasteiger charge is -2.16. The number of nitrogens with one attached hydrogen (secondary N) is 1. The maximum Gasteiger partial charge on any atom is 0.234 e. The average molecular weight is 472 g/mol. The fourth-order valence-electron chi connectivity index (χ4n) is 3.36. The van der Waals surface area contributed by atoms with Crippen molar-refractivity contribution in [3.8, 4) is 11.3 Å². The average Bonchev–Trinajstić information content (AvgIpc) is 3.39. The number of nitrogens with zero attached hydrogens (tertiary/aromatic N) is 2. The molecule has 2 heterocycles. The third kappa shape index (κ3) is 5.10. The van der Waals surface area contributed by atoms with E-state index in [2.05, 4.69) is 42.9 Å². The van der Waals surface area contributed by atoms with Gasteiger partial charge in [-0.15, -0.1) is 0 Å². The van der Waals surface area contributed by atoms with E-state index in [1.165, 1.54) is 11.8 Å². The van der Waals surface area contributed by atoms with E-state index in [9.17, 15) is 4.79 Å². The van der Waals surface area contributed by atoms with Crippen LogP contribution < -0.4 is 5.32 Å². The van der Waals surface area contributed by atoms with E-state index < -0.39 is 0 Å². The maximum atomic E-state index is 12.5. The second-order valence-corrected chi connectivity index (χ2v) is 8.65. The van der Waals surface area contributed by atoms with Crippen molar-refractivity contribution < 1.29 is 9.53 Å². The summed E-state index contributed by atoms with van der Waals surface area (Å²) < 4.78 is 8.90. The molecule has 150 valence electrons. The highest BCUT2D eigenvalue weighted by Crippen LogP contribution is 2.29. The number of halogens is 1. The molecule has 1 aromatic heterocycles. The highest BCUT2D eigenvalue weighted by Gasteiger charge is 2.21. The molecule has 7 heteroatoms. The summed E-state index contributed by atoms with van der Waals surface area (Å²) >= 11 is 4.91. The third-order valence-electron chi connectivity index (χ3n) is 4.78. The van der Waals surface area contributed by atoms with Gasteiger partial charge in [-0.2, -0.15) is 0 Å². The number of ether oxygens (including phenoxy) is 1. The van der Waals surface area contributed by atoms with Crippen LogP contribution in [0.25, 0.3) is 11.3 Å². The topological polar surface area (TPSA) is 56.2 Å². The Morgan fingerprint density at radius 3 is 2.76 bits per heavy atom. The van der Waals surface area contributed by atoms with Crippen LogP contribution in [-0.4, -0.2) is 33.9 Å². The first-order valence-electron chi connectivity index (χ1n) is 9.60. The molecule has 0 spiro atoms. The minimum absolute atomic E-state index is 0.0603. The molecule has 29 heavy (non-hydrogen) atoms. The summed E-state index contributed by atoms with van der Waals surface area (Å²) in [6, 6.07) is 17.8. The van der Waals surface area contributed by atoms with Gasteiger partial charge < -0.3 is 14.6 Å². The van der Waals surface area contributed by atoms with Gasteiger partial charge in [0.25, 0.3) is 0 Å². The van der Waals surface area contributed by atoms with Crippen LogP contribution in [0.2, 0.25) is 0 Å². The Labute approximate surface area is 183 Å². The Hall–Kier alpha value is -2.09. The molecule has 1 N–H and O–H groups in total. The number of rotatable bonds is 7. The summed E-state index contributed by atoms with van der Waals surface area (Å²) in [5, 5.41) is 3.78. The van der Waals surface area contributed by atoms with Crippen LogP contribution in [0.15, 0.2) is 70.4 Å². The monoisotopic (exact) mass is 471 g/mol. The van der Waals surface area contributed by atoms with E-state index in [-0.39, 0.29) is 17.8 Å². The van der Waals surface area contributed by atoms with Gasteiger partial charge in [-0.25, -0.2) is 4.98 Å². The lowest BCUT2D eigenvalue weighted by molar-refractivity contribution is -0.113. The predicted octanol–water partition coefficient (Wildman–Crippen LogP) is 5.22. The van der Waals surface area contributed by atoms with E-state index in [0.29, 0.717) is 0 Å². The first-order chi connectivity index (χ1) is 14.2. The number of carbonyl (C=O) groups excluding carboxylic acids is 1. The highest BCUT2D eigenvalue weighted by atomic mass is 79.9. The number of hydrogen-bond donors (Lipinski definition) is 1. The first-order valence-corrected chi connectivity index (χ1v) is 11.4. The van der Waals surface area contributed by atoms with Crippen LogP contribution in [0.5, 0.6) is 0 Å². The summed E-state index contributed by atoms with van der Waals surface area (Å²) in [5.41, 5.74) is 2.93. The standard InChI is InChI=1S/C22H22BrN3O2S/c23-18-10-4-5-11-19(18)25-21(27)15-29-22-24-13-20(16-7-2-1-3-8-16)26(22)14-17-9-6-12-28-17/h1-5,7-8,10-11,13,17H,6,9,12,14-15H2,(H,25,27). The molecule has 1 unspecified atom stereocenters. The molecule has 4 rings (SSSR count). The van der Waals surface area contributed by atoms with E-state index in [1.54, 1.807) is 0 Å². The van der Waals surface area contributed by atoms with Gasteiger partial charge in [-0.3, -0.25) is 4.79 Å². The number of para-hydroxylation sites is 1. The van der Waals surface area contributed by atoms with Gasteiger partial charge in [0.05, 0.1) is 36.0 Å². The quantitative estimate of drug-likeness (QED) is 0.479. The van der Waals surface area contributed by atoms with Gasteiger partial charge in [0.2, 0.25) is 5.91 Å². The molecule has 0 radical (unpaired) electrons. The molecular weight excluding hydrogens is 450 g/mol. The minimum atomic E-state index is -0.0603. The van der Waals surface area contributed by atoms with Gasteiger partial charge in [0, 0.05) is 11.1 Å². The summed E-state index contributed by atoms with van der Waals surface area (Å²) in [5.74, 6) is 0.229. The van der Waals surface area contributed by atoms with Crippen molar-refractivity contribution in [1.82, 2.24) is 9.55 Å². The maximum absolute atomic E-state index is 12.5.